The van der Waals surface area contributed by atoms with Gasteiger partial charge in [-0.15, -0.1) is 0 Å². The van der Waals surface area contributed by atoms with Gasteiger partial charge in [-0.05, 0) is 25.8 Å². The Labute approximate surface area is 56.5 Å². The van der Waals surface area contributed by atoms with Gasteiger partial charge in [-0.3, -0.25) is 4.99 Å². The van der Waals surface area contributed by atoms with E-state index < -0.39 is 0 Å². The van der Waals surface area contributed by atoms with E-state index in [0.717, 1.165) is 12.8 Å². The molecular weight excluding hydrogens is 110 g/mol. The maximum Gasteiger partial charge on any atom is 0.0393 e. The van der Waals surface area contributed by atoms with Gasteiger partial charge in [0.25, 0.3) is 0 Å². The summed E-state index contributed by atoms with van der Waals surface area (Å²) in [7, 11) is 0. The van der Waals surface area contributed by atoms with Crippen LogP contribution in [0.5, 0.6) is 0 Å². The summed E-state index contributed by atoms with van der Waals surface area (Å²) in [6.45, 7) is 6.41. The molecule has 0 saturated carbocycles. The molecule has 0 fully saturated rings. The molecule has 50 valence electrons. The van der Waals surface area contributed by atoms with Gasteiger partial charge in [0.05, 0.1) is 0 Å². The largest absolute Gasteiger partial charge is 0.262 e. The molecule has 0 aromatic carbocycles. The highest BCUT2D eigenvalue weighted by Crippen LogP contribution is 2.20. The average molecular weight is 123 g/mol. The lowest BCUT2D eigenvalue weighted by Gasteiger charge is -1.91. The third-order valence-corrected chi connectivity index (χ3v) is 1.67. The van der Waals surface area contributed by atoms with Gasteiger partial charge in [0.1, 0.15) is 0 Å². The van der Waals surface area contributed by atoms with E-state index in [4.69, 9.17) is 0 Å². The maximum atomic E-state index is 4.38. The van der Waals surface area contributed by atoms with Crippen LogP contribution in [0.4, 0.5) is 0 Å². The van der Waals surface area contributed by atoms with Gasteiger partial charge in [-0.25, -0.2) is 0 Å². The normalized spacial score (nSPS) is 18.8. The van der Waals surface area contributed by atoms with Crippen molar-refractivity contribution in [2.75, 3.05) is 0 Å². The first-order chi connectivity index (χ1) is 4.24. The highest BCUT2D eigenvalue weighted by molar-refractivity contribution is 5.87. The summed E-state index contributed by atoms with van der Waals surface area (Å²) in [5.41, 5.74) is 4.02. The molecule has 0 bridgehead atoms. The van der Waals surface area contributed by atoms with Crippen molar-refractivity contribution in [1.82, 2.24) is 0 Å². The molecule has 0 aliphatic carbocycles. The fourth-order valence-corrected chi connectivity index (χ4v) is 1.23. The molecule has 0 spiro atoms. The van der Waals surface area contributed by atoms with Gasteiger partial charge in [0.15, 0.2) is 0 Å². The molecule has 1 aliphatic rings. The van der Waals surface area contributed by atoms with E-state index in [2.05, 4.69) is 25.8 Å². The molecule has 0 unspecified atom stereocenters. The summed E-state index contributed by atoms with van der Waals surface area (Å²) >= 11 is 0. The van der Waals surface area contributed by atoms with Crippen LogP contribution in [0.25, 0.3) is 0 Å². The van der Waals surface area contributed by atoms with Gasteiger partial charge in [-0.2, -0.15) is 0 Å². The first kappa shape index (κ1) is 6.53. The standard InChI is InChI=1S/C8H13N/c1-4-8-6(2)5-7(3)9-8/h4-5H2,1-3H3. The second-order valence-corrected chi connectivity index (χ2v) is 2.60. The fourth-order valence-electron chi connectivity index (χ4n) is 1.23. The van der Waals surface area contributed by atoms with Crippen molar-refractivity contribution in [3.8, 4) is 0 Å². The van der Waals surface area contributed by atoms with E-state index in [9.17, 15) is 0 Å². The average Bonchev–Trinajstić information content (AvgIpc) is 2.10. The van der Waals surface area contributed by atoms with E-state index in [-0.39, 0.29) is 0 Å². The number of nitrogens with zero attached hydrogens (tertiary/aromatic N) is 1. The van der Waals surface area contributed by atoms with Crippen molar-refractivity contribution in [1.29, 1.82) is 0 Å². The van der Waals surface area contributed by atoms with Crippen LogP contribution in [0.3, 0.4) is 0 Å². The molecule has 1 nitrogen and oxygen atoms in total. The quantitative estimate of drug-likeness (QED) is 0.508. The molecule has 0 atom stereocenters. The van der Waals surface area contributed by atoms with Crippen molar-refractivity contribution in [3.63, 3.8) is 0 Å². The minimum atomic E-state index is 1.09. The summed E-state index contributed by atoms with van der Waals surface area (Å²) < 4.78 is 0. The zero-order chi connectivity index (χ0) is 6.85. The predicted octanol–water partition coefficient (Wildman–Crippen LogP) is 2.54. The molecule has 1 heteroatoms. The second kappa shape index (κ2) is 2.34. The number of hydrogen-bond acceptors (Lipinski definition) is 1. The van der Waals surface area contributed by atoms with E-state index in [1.165, 1.54) is 17.0 Å². The number of hydrogen-bond donors (Lipinski definition) is 0. The van der Waals surface area contributed by atoms with Crippen LogP contribution in [-0.2, 0) is 0 Å². The zero-order valence-corrected chi connectivity index (χ0v) is 6.36. The van der Waals surface area contributed by atoms with E-state index >= 15 is 0 Å². The van der Waals surface area contributed by atoms with Crippen molar-refractivity contribution in [2.45, 2.75) is 33.6 Å². The lowest BCUT2D eigenvalue weighted by molar-refractivity contribution is 1.04. The van der Waals surface area contributed by atoms with Gasteiger partial charge < -0.3 is 0 Å². The molecule has 0 aromatic rings. The monoisotopic (exact) mass is 123 g/mol. The Balaban J connectivity index is 2.75. The van der Waals surface area contributed by atoms with Crippen LogP contribution in [0.2, 0.25) is 0 Å². The second-order valence-electron chi connectivity index (χ2n) is 2.60. The Kier molecular flexibility index (Phi) is 1.70. The summed E-state index contributed by atoms with van der Waals surface area (Å²) in [6, 6.07) is 0. The van der Waals surface area contributed by atoms with E-state index in [0.29, 0.717) is 0 Å². The smallest absolute Gasteiger partial charge is 0.0393 e. The molecule has 1 rings (SSSR count). The molecule has 0 amide bonds. The van der Waals surface area contributed by atoms with Gasteiger partial charge in [0, 0.05) is 17.8 Å². The third kappa shape index (κ3) is 1.21. The van der Waals surface area contributed by atoms with Gasteiger partial charge in [-0.1, -0.05) is 6.92 Å². The first-order valence-corrected chi connectivity index (χ1v) is 3.46. The Morgan fingerprint density at radius 2 is 2.11 bits per heavy atom. The van der Waals surface area contributed by atoms with Crippen LogP contribution >= 0.6 is 0 Å². The van der Waals surface area contributed by atoms with Gasteiger partial charge >= 0.3 is 0 Å². The molecule has 0 radical (unpaired) electrons. The summed E-state index contributed by atoms with van der Waals surface area (Å²) in [4.78, 5) is 4.38. The first-order valence-electron chi connectivity index (χ1n) is 3.46. The summed E-state index contributed by atoms with van der Waals surface area (Å²) in [5.74, 6) is 0. The minimum Gasteiger partial charge on any atom is -0.262 e. The van der Waals surface area contributed by atoms with E-state index in [1.54, 1.807) is 0 Å². The Morgan fingerprint density at radius 1 is 1.44 bits per heavy atom. The van der Waals surface area contributed by atoms with Crippen LogP contribution in [-0.4, -0.2) is 5.71 Å². The molecular formula is C8H13N. The number of aliphatic imine (C=N–C) groups is 1. The number of allylic oxidation sites excluding steroid dienone is 2. The SMILES string of the molecule is CCC1=C(C)CC(C)=N1. The molecule has 1 aliphatic heterocycles. The lowest BCUT2D eigenvalue weighted by atomic mass is 10.1. The highest BCUT2D eigenvalue weighted by atomic mass is 14.8. The lowest BCUT2D eigenvalue weighted by Crippen LogP contribution is -1.82. The molecule has 0 N–H and O–H groups in total. The fraction of sp³-hybridized carbons (Fsp3) is 0.625. The summed E-state index contributed by atoms with van der Waals surface area (Å²) in [5, 5.41) is 0. The van der Waals surface area contributed by atoms with Gasteiger partial charge in [0.2, 0.25) is 0 Å². The van der Waals surface area contributed by atoms with Crippen molar-refractivity contribution in [3.05, 3.63) is 11.3 Å². The van der Waals surface area contributed by atoms with Crippen molar-refractivity contribution in [2.24, 2.45) is 4.99 Å². The topological polar surface area (TPSA) is 12.4 Å². The highest BCUT2D eigenvalue weighted by Gasteiger charge is 2.07. The predicted molar refractivity (Wildman–Crippen MR) is 40.7 cm³/mol. The van der Waals surface area contributed by atoms with Crippen LogP contribution in [0, 0.1) is 0 Å². The molecule has 0 aromatic heterocycles. The summed E-state index contributed by atoms with van der Waals surface area (Å²) in [6.07, 6.45) is 2.19. The maximum absolute atomic E-state index is 4.38. The van der Waals surface area contributed by atoms with Crippen LogP contribution in [0.15, 0.2) is 16.3 Å². The molecule has 0 saturated heterocycles. The van der Waals surface area contributed by atoms with Crippen molar-refractivity contribution >= 4 is 5.71 Å². The molecule has 1 heterocycles. The zero-order valence-electron chi connectivity index (χ0n) is 6.36. The Bertz CT molecular complexity index is 175. The Morgan fingerprint density at radius 3 is 2.33 bits per heavy atom. The van der Waals surface area contributed by atoms with Crippen LogP contribution < -0.4 is 0 Å². The minimum absolute atomic E-state index is 1.09. The Hall–Kier alpha value is -0.590. The third-order valence-electron chi connectivity index (χ3n) is 1.67. The van der Waals surface area contributed by atoms with Crippen molar-refractivity contribution < 1.29 is 0 Å². The number of rotatable bonds is 1. The van der Waals surface area contributed by atoms with E-state index in [1.807, 2.05) is 0 Å². The molecule has 9 heavy (non-hydrogen) atoms. The van der Waals surface area contributed by atoms with Crippen LogP contribution in [0.1, 0.15) is 33.6 Å².